The van der Waals surface area contributed by atoms with E-state index < -0.39 is 0 Å². The monoisotopic (exact) mass is 352 g/mol. The fourth-order valence-electron chi connectivity index (χ4n) is 3.90. The lowest BCUT2D eigenvalue weighted by molar-refractivity contribution is -0.132. The van der Waals surface area contributed by atoms with Gasteiger partial charge in [-0.25, -0.2) is 0 Å². The third-order valence-corrected chi connectivity index (χ3v) is 5.82. The van der Waals surface area contributed by atoms with Crippen molar-refractivity contribution in [2.24, 2.45) is 17.6 Å². The Morgan fingerprint density at radius 2 is 1.77 bits per heavy atom. The Balaban J connectivity index is 1.35. The zero-order chi connectivity index (χ0) is 18.1. The van der Waals surface area contributed by atoms with E-state index in [1.54, 1.807) is 0 Å². The van der Waals surface area contributed by atoms with Gasteiger partial charge in [0.25, 0.3) is 0 Å². The number of benzene rings is 1. The van der Waals surface area contributed by atoms with Gasteiger partial charge in [0, 0.05) is 37.4 Å². The lowest BCUT2D eigenvalue weighted by Gasteiger charge is -2.22. The van der Waals surface area contributed by atoms with Crippen LogP contribution in [-0.2, 0) is 11.2 Å². The maximum atomic E-state index is 12.9. The molecular weight excluding hydrogens is 324 g/mol. The van der Waals surface area contributed by atoms with Crippen LogP contribution in [0.5, 0.6) is 0 Å². The van der Waals surface area contributed by atoms with Crippen molar-refractivity contribution in [3.8, 4) is 0 Å². The summed E-state index contributed by atoms with van der Waals surface area (Å²) in [4.78, 5) is 14.9. The van der Waals surface area contributed by atoms with Crippen molar-refractivity contribution in [2.45, 2.75) is 38.0 Å². The third kappa shape index (κ3) is 3.70. The summed E-state index contributed by atoms with van der Waals surface area (Å²) in [6.45, 7) is 4.11. The van der Waals surface area contributed by atoms with E-state index in [0.29, 0.717) is 19.0 Å². The van der Waals surface area contributed by atoms with Crippen molar-refractivity contribution < 1.29 is 9.21 Å². The molecule has 0 radical (unpaired) electrons. The first-order valence-corrected chi connectivity index (χ1v) is 9.79. The molecule has 2 saturated carbocycles. The summed E-state index contributed by atoms with van der Waals surface area (Å²) in [5.74, 6) is 3.98. The molecule has 0 bridgehead atoms. The Morgan fingerprint density at radius 1 is 1.08 bits per heavy atom. The first-order chi connectivity index (χ1) is 12.7. The Morgan fingerprint density at radius 3 is 2.42 bits per heavy atom. The molecule has 2 N–H and O–H groups in total. The molecule has 1 aromatic carbocycles. The summed E-state index contributed by atoms with van der Waals surface area (Å²) in [5, 5.41) is 0. The van der Waals surface area contributed by atoms with Crippen molar-refractivity contribution in [3.63, 3.8) is 0 Å². The second kappa shape index (κ2) is 7.28. The fraction of sp³-hybridized carbons (Fsp3) is 0.500. The van der Waals surface area contributed by atoms with E-state index >= 15 is 0 Å². The molecule has 2 fully saturated rings. The van der Waals surface area contributed by atoms with Gasteiger partial charge in [-0.3, -0.25) is 4.79 Å². The second-order valence-electron chi connectivity index (χ2n) is 7.86. The van der Waals surface area contributed by atoms with Crippen molar-refractivity contribution in [1.82, 2.24) is 4.90 Å². The van der Waals surface area contributed by atoms with Crippen LogP contribution in [-0.4, -0.2) is 30.4 Å². The number of nitrogens with zero attached hydrogens (tertiary/aromatic N) is 1. The summed E-state index contributed by atoms with van der Waals surface area (Å²) in [7, 11) is 0. The van der Waals surface area contributed by atoms with Gasteiger partial charge in [-0.2, -0.15) is 0 Å². The summed E-state index contributed by atoms with van der Waals surface area (Å²) in [6, 6.07) is 14.5. The van der Waals surface area contributed by atoms with E-state index in [2.05, 4.69) is 31.2 Å². The van der Waals surface area contributed by atoms with E-state index in [0.717, 1.165) is 36.8 Å². The molecule has 138 valence electrons. The average Bonchev–Trinajstić information content (AvgIpc) is 3.56. The highest BCUT2D eigenvalue weighted by Crippen LogP contribution is 2.52. The molecule has 26 heavy (non-hydrogen) atoms. The zero-order valence-electron chi connectivity index (χ0n) is 15.4. The minimum absolute atomic E-state index is 0.0629. The molecule has 0 saturated heterocycles. The number of amides is 1. The number of hydrogen-bond donors (Lipinski definition) is 1. The van der Waals surface area contributed by atoms with Gasteiger partial charge in [0.05, 0.1) is 0 Å². The topological polar surface area (TPSA) is 59.5 Å². The molecule has 2 aromatic rings. The maximum Gasteiger partial charge on any atom is 0.226 e. The highest BCUT2D eigenvalue weighted by molar-refractivity contribution is 5.82. The summed E-state index contributed by atoms with van der Waals surface area (Å²) in [6.07, 6.45) is 3.00. The van der Waals surface area contributed by atoms with Crippen molar-refractivity contribution in [3.05, 3.63) is 59.5 Å². The Hall–Kier alpha value is -2.07. The van der Waals surface area contributed by atoms with E-state index in [9.17, 15) is 4.79 Å². The normalized spacial score (nSPS) is 26.5. The van der Waals surface area contributed by atoms with Crippen LogP contribution >= 0.6 is 0 Å². The van der Waals surface area contributed by atoms with Crippen molar-refractivity contribution in [2.75, 3.05) is 19.6 Å². The molecule has 0 aliphatic heterocycles. The number of furan rings is 1. The van der Waals surface area contributed by atoms with Crippen LogP contribution in [0.2, 0.25) is 0 Å². The van der Waals surface area contributed by atoms with Crippen LogP contribution in [0.15, 0.2) is 46.9 Å². The Bertz CT molecular complexity index is 755. The first-order valence-electron chi connectivity index (χ1n) is 9.79. The molecule has 4 nitrogen and oxygen atoms in total. The van der Waals surface area contributed by atoms with Crippen LogP contribution in [0.1, 0.15) is 48.7 Å². The molecule has 1 amide bonds. The second-order valence-corrected chi connectivity index (χ2v) is 7.86. The van der Waals surface area contributed by atoms with Gasteiger partial charge < -0.3 is 15.1 Å². The zero-order valence-corrected chi connectivity index (χ0v) is 15.4. The number of carbonyl (C=O) groups excluding carboxylic acids is 1. The number of carbonyl (C=O) groups is 1. The molecule has 4 heteroatoms. The molecular formula is C22H28N2O2. The van der Waals surface area contributed by atoms with Crippen LogP contribution in [0.25, 0.3) is 0 Å². The van der Waals surface area contributed by atoms with Gasteiger partial charge in [0.2, 0.25) is 5.91 Å². The third-order valence-electron chi connectivity index (χ3n) is 5.82. The van der Waals surface area contributed by atoms with Crippen LogP contribution < -0.4 is 5.73 Å². The van der Waals surface area contributed by atoms with E-state index in [4.69, 9.17) is 10.2 Å². The number of rotatable bonds is 8. The number of nitrogens with two attached hydrogens (primary N) is 1. The van der Waals surface area contributed by atoms with Gasteiger partial charge in [-0.15, -0.1) is 0 Å². The molecule has 1 heterocycles. The van der Waals surface area contributed by atoms with Gasteiger partial charge in [-0.05, 0) is 42.9 Å². The highest BCUT2D eigenvalue weighted by Gasteiger charge is 2.48. The predicted molar refractivity (Wildman–Crippen MR) is 102 cm³/mol. The smallest absolute Gasteiger partial charge is 0.226 e. The quantitative estimate of drug-likeness (QED) is 0.790. The highest BCUT2D eigenvalue weighted by atomic mass is 16.3. The Kier molecular flexibility index (Phi) is 4.86. The Labute approximate surface area is 155 Å². The number of hydrogen-bond acceptors (Lipinski definition) is 3. The predicted octanol–water partition coefficient (Wildman–Crippen LogP) is 3.54. The van der Waals surface area contributed by atoms with Gasteiger partial charge in [0.15, 0.2) is 0 Å². The summed E-state index contributed by atoms with van der Waals surface area (Å²) < 4.78 is 6.06. The lowest BCUT2D eigenvalue weighted by atomic mass is 10.1. The summed E-state index contributed by atoms with van der Waals surface area (Å²) in [5.41, 5.74) is 7.00. The van der Waals surface area contributed by atoms with E-state index in [1.807, 2.05) is 23.1 Å². The molecule has 0 spiro atoms. The standard InChI is InChI=1S/C22H28N2O2/c1-15-13-17(15)20-7-8-21(26-20)18-14-19(18)22(25)24(12-10-23)11-9-16-5-3-2-4-6-16/h2-8,15,17-19H,9-14,23H2,1H3. The van der Waals surface area contributed by atoms with Crippen LogP contribution in [0.4, 0.5) is 0 Å². The largest absolute Gasteiger partial charge is 0.465 e. The van der Waals surface area contributed by atoms with Gasteiger partial charge in [0.1, 0.15) is 11.5 Å². The average molecular weight is 352 g/mol. The van der Waals surface area contributed by atoms with Crippen molar-refractivity contribution in [1.29, 1.82) is 0 Å². The fourth-order valence-corrected chi connectivity index (χ4v) is 3.90. The van der Waals surface area contributed by atoms with Crippen molar-refractivity contribution >= 4 is 5.91 Å². The SMILES string of the molecule is CC1CC1c1ccc(C2CC2C(=O)N(CCN)CCc2ccccc2)o1. The molecule has 4 unspecified atom stereocenters. The molecule has 2 aliphatic carbocycles. The first kappa shape index (κ1) is 17.3. The van der Waals surface area contributed by atoms with Gasteiger partial charge >= 0.3 is 0 Å². The lowest BCUT2D eigenvalue weighted by Crippen LogP contribution is -2.38. The maximum absolute atomic E-state index is 12.9. The molecule has 4 atom stereocenters. The summed E-state index contributed by atoms with van der Waals surface area (Å²) >= 11 is 0. The molecule has 1 aromatic heterocycles. The van der Waals surface area contributed by atoms with Crippen LogP contribution in [0.3, 0.4) is 0 Å². The minimum atomic E-state index is 0.0629. The minimum Gasteiger partial charge on any atom is -0.465 e. The van der Waals surface area contributed by atoms with Crippen LogP contribution in [0, 0.1) is 11.8 Å². The van der Waals surface area contributed by atoms with E-state index in [1.165, 1.54) is 12.0 Å². The van der Waals surface area contributed by atoms with Gasteiger partial charge in [-0.1, -0.05) is 37.3 Å². The van der Waals surface area contributed by atoms with E-state index in [-0.39, 0.29) is 17.7 Å². The molecule has 4 rings (SSSR count). The molecule has 2 aliphatic rings.